The molecular formula is C17H20N2O4. The molecular weight excluding hydrogens is 296 g/mol. The number of hydrogen-bond acceptors (Lipinski definition) is 5. The Kier molecular flexibility index (Phi) is 4.34. The molecule has 1 aromatic carbocycles. The van der Waals surface area contributed by atoms with Crippen molar-refractivity contribution in [2.24, 2.45) is 0 Å². The molecule has 0 atom stereocenters. The fourth-order valence-electron chi connectivity index (χ4n) is 2.87. The van der Waals surface area contributed by atoms with Crippen molar-refractivity contribution in [2.45, 2.75) is 12.8 Å². The highest BCUT2D eigenvalue weighted by Gasteiger charge is 2.19. The van der Waals surface area contributed by atoms with Gasteiger partial charge in [-0.2, -0.15) is 0 Å². The number of phenolic OH excluding ortho intramolecular Hbond substituents is 1. The summed E-state index contributed by atoms with van der Waals surface area (Å²) in [6, 6.07) is 4.80. The van der Waals surface area contributed by atoms with E-state index in [1.165, 1.54) is 6.07 Å². The lowest BCUT2D eigenvalue weighted by Gasteiger charge is -2.32. The van der Waals surface area contributed by atoms with Crippen LogP contribution < -0.4 is 0 Å². The number of phenols is 1. The third-order valence-electron chi connectivity index (χ3n) is 4.33. The zero-order valence-electron chi connectivity index (χ0n) is 13.1. The second-order valence-electron chi connectivity index (χ2n) is 5.92. The zero-order chi connectivity index (χ0) is 16.4. The summed E-state index contributed by atoms with van der Waals surface area (Å²) in [5.41, 5.74) is 0.773. The number of piperazine rings is 1. The van der Waals surface area contributed by atoms with Gasteiger partial charge in [-0.1, -0.05) is 0 Å². The number of aromatic hydroxyl groups is 1. The molecule has 1 amide bonds. The van der Waals surface area contributed by atoms with Crippen molar-refractivity contribution in [3.8, 4) is 5.75 Å². The van der Waals surface area contributed by atoms with E-state index in [1.54, 1.807) is 12.1 Å². The topological polar surface area (TPSA) is 74.0 Å². The molecule has 6 heteroatoms. The van der Waals surface area contributed by atoms with Crippen molar-refractivity contribution in [3.05, 3.63) is 29.5 Å². The summed E-state index contributed by atoms with van der Waals surface area (Å²) in [4.78, 5) is 27.4. The molecule has 0 spiro atoms. The molecule has 2 aromatic rings. The lowest BCUT2D eigenvalue weighted by molar-refractivity contribution is -0.132. The minimum atomic E-state index is -0.0617. The fourth-order valence-corrected chi connectivity index (χ4v) is 2.87. The number of carbonyl (C=O) groups is 2. The Labute approximate surface area is 134 Å². The van der Waals surface area contributed by atoms with E-state index in [-0.39, 0.29) is 17.2 Å². The number of rotatable bonds is 4. The lowest BCUT2D eigenvalue weighted by Crippen LogP contribution is -2.47. The van der Waals surface area contributed by atoms with Gasteiger partial charge in [-0.15, -0.1) is 0 Å². The molecule has 1 fully saturated rings. The number of aldehydes is 1. The van der Waals surface area contributed by atoms with Crippen LogP contribution in [0.15, 0.2) is 22.6 Å². The predicted molar refractivity (Wildman–Crippen MR) is 85.7 cm³/mol. The van der Waals surface area contributed by atoms with Crippen LogP contribution in [0.4, 0.5) is 0 Å². The molecule has 0 radical (unpaired) electrons. The number of nitrogens with zero attached hydrogens (tertiary/aromatic N) is 2. The maximum absolute atomic E-state index is 12.2. The van der Waals surface area contributed by atoms with Crippen LogP contribution >= 0.6 is 0 Å². The third kappa shape index (κ3) is 3.22. The van der Waals surface area contributed by atoms with E-state index >= 15 is 0 Å². The van der Waals surface area contributed by atoms with E-state index in [0.717, 1.165) is 26.2 Å². The Hall–Kier alpha value is -2.34. The molecule has 6 nitrogen and oxygen atoms in total. The van der Waals surface area contributed by atoms with Crippen LogP contribution in [0.25, 0.3) is 11.0 Å². The molecule has 1 aliphatic heterocycles. The van der Waals surface area contributed by atoms with E-state index in [2.05, 4.69) is 11.9 Å². The molecule has 1 saturated heterocycles. The molecule has 23 heavy (non-hydrogen) atoms. The second-order valence-corrected chi connectivity index (χ2v) is 5.92. The van der Waals surface area contributed by atoms with E-state index < -0.39 is 0 Å². The van der Waals surface area contributed by atoms with Crippen molar-refractivity contribution in [2.75, 3.05) is 33.2 Å². The maximum atomic E-state index is 12.2. The summed E-state index contributed by atoms with van der Waals surface area (Å²) in [5.74, 6) is 0.710. The van der Waals surface area contributed by atoms with Crippen LogP contribution in [0.2, 0.25) is 0 Å². The van der Waals surface area contributed by atoms with Crippen molar-refractivity contribution in [3.63, 3.8) is 0 Å². The Bertz CT molecular complexity index is 730. The van der Waals surface area contributed by atoms with Gasteiger partial charge in [0.05, 0.1) is 5.56 Å². The van der Waals surface area contributed by atoms with Crippen LogP contribution in [0.3, 0.4) is 0 Å². The van der Waals surface area contributed by atoms with Gasteiger partial charge in [-0.25, -0.2) is 0 Å². The van der Waals surface area contributed by atoms with Crippen molar-refractivity contribution < 1.29 is 19.1 Å². The van der Waals surface area contributed by atoms with Gasteiger partial charge in [-0.05, 0) is 25.2 Å². The van der Waals surface area contributed by atoms with Crippen LogP contribution in [-0.4, -0.2) is 60.3 Å². The van der Waals surface area contributed by atoms with Crippen LogP contribution in [0.1, 0.15) is 22.5 Å². The standard InChI is InChI=1S/C17H20N2O4/c1-18-6-8-19(9-7-18)17(22)5-2-12-10-13-14(11-20)15(21)3-4-16(13)23-12/h3-4,10-11,21H,2,5-9H2,1H3. The fraction of sp³-hybridized carbons (Fsp3) is 0.412. The Morgan fingerprint density at radius 2 is 2.04 bits per heavy atom. The highest BCUT2D eigenvalue weighted by atomic mass is 16.3. The SMILES string of the molecule is CN1CCN(C(=O)CCc2cc3c(C=O)c(O)ccc3o2)CC1. The van der Waals surface area contributed by atoms with Gasteiger partial charge in [0.1, 0.15) is 17.1 Å². The first-order chi connectivity index (χ1) is 11.1. The first kappa shape index (κ1) is 15.6. The van der Waals surface area contributed by atoms with Crippen molar-refractivity contribution in [1.29, 1.82) is 0 Å². The molecule has 122 valence electrons. The molecule has 1 aromatic heterocycles. The summed E-state index contributed by atoms with van der Waals surface area (Å²) in [6.07, 6.45) is 1.48. The monoisotopic (exact) mass is 316 g/mol. The Morgan fingerprint density at radius 3 is 2.74 bits per heavy atom. The number of furan rings is 1. The number of benzene rings is 1. The first-order valence-corrected chi connectivity index (χ1v) is 7.74. The molecule has 0 unspecified atom stereocenters. The summed E-state index contributed by atoms with van der Waals surface area (Å²) in [6.45, 7) is 3.33. The highest BCUT2D eigenvalue weighted by Crippen LogP contribution is 2.29. The number of amides is 1. The quantitative estimate of drug-likeness (QED) is 0.868. The van der Waals surface area contributed by atoms with Crippen LogP contribution in [-0.2, 0) is 11.2 Å². The van der Waals surface area contributed by atoms with Gasteiger partial charge in [0.15, 0.2) is 6.29 Å². The molecule has 3 rings (SSSR count). The predicted octanol–water partition coefficient (Wildman–Crippen LogP) is 1.66. The molecule has 1 N–H and O–H groups in total. The van der Waals surface area contributed by atoms with Gasteiger partial charge in [0, 0.05) is 44.4 Å². The minimum absolute atomic E-state index is 0.0617. The second kappa shape index (κ2) is 6.42. The van der Waals surface area contributed by atoms with Gasteiger partial charge < -0.3 is 19.3 Å². The van der Waals surface area contributed by atoms with Gasteiger partial charge in [-0.3, -0.25) is 9.59 Å². The average Bonchev–Trinajstić information content (AvgIpc) is 2.96. The third-order valence-corrected chi connectivity index (χ3v) is 4.33. The molecule has 0 saturated carbocycles. The summed E-state index contributed by atoms with van der Waals surface area (Å²) in [5, 5.41) is 10.3. The maximum Gasteiger partial charge on any atom is 0.223 e. The highest BCUT2D eigenvalue weighted by molar-refractivity contribution is 5.99. The molecule has 0 aliphatic carbocycles. The van der Waals surface area contributed by atoms with Crippen molar-refractivity contribution in [1.82, 2.24) is 9.80 Å². The smallest absolute Gasteiger partial charge is 0.223 e. The zero-order valence-corrected chi connectivity index (χ0v) is 13.1. The van der Waals surface area contributed by atoms with Gasteiger partial charge in [0.2, 0.25) is 5.91 Å². The molecule has 1 aliphatic rings. The van der Waals surface area contributed by atoms with E-state index in [1.807, 2.05) is 4.90 Å². The summed E-state index contributed by atoms with van der Waals surface area (Å²) >= 11 is 0. The number of fused-ring (bicyclic) bond motifs is 1. The van der Waals surface area contributed by atoms with E-state index in [9.17, 15) is 14.7 Å². The number of likely N-dealkylation sites (N-methyl/N-ethyl adjacent to an activating group) is 1. The number of hydrogen-bond donors (Lipinski definition) is 1. The van der Waals surface area contributed by atoms with Crippen molar-refractivity contribution >= 4 is 23.2 Å². The normalized spacial score (nSPS) is 16.0. The number of aryl methyl sites for hydroxylation is 1. The summed E-state index contributed by atoms with van der Waals surface area (Å²) < 4.78 is 5.67. The van der Waals surface area contributed by atoms with Crippen LogP contribution in [0, 0.1) is 0 Å². The lowest BCUT2D eigenvalue weighted by atomic mass is 10.1. The Balaban J connectivity index is 1.67. The largest absolute Gasteiger partial charge is 0.507 e. The van der Waals surface area contributed by atoms with Gasteiger partial charge in [0.25, 0.3) is 0 Å². The molecule has 0 bridgehead atoms. The van der Waals surface area contributed by atoms with Crippen LogP contribution in [0.5, 0.6) is 5.75 Å². The van der Waals surface area contributed by atoms with E-state index in [0.29, 0.717) is 35.9 Å². The first-order valence-electron chi connectivity index (χ1n) is 7.74. The number of carbonyl (C=O) groups excluding carboxylic acids is 2. The van der Waals surface area contributed by atoms with Gasteiger partial charge >= 0.3 is 0 Å². The molecule has 2 heterocycles. The minimum Gasteiger partial charge on any atom is -0.507 e. The average molecular weight is 316 g/mol. The van der Waals surface area contributed by atoms with E-state index in [4.69, 9.17) is 4.42 Å². The summed E-state index contributed by atoms with van der Waals surface area (Å²) in [7, 11) is 2.05. The Morgan fingerprint density at radius 1 is 1.30 bits per heavy atom.